The lowest BCUT2D eigenvalue weighted by atomic mass is 10.2. The Labute approximate surface area is 175 Å². The number of aromatic nitrogens is 2. The van der Waals surface area contributed by atoms with Crippen LogP contribution >= 0.6 is 0 Å². The Morgan fingerprint density at radius 3 is 2.50 bits per heavy atom. The molecule has 3 aromatic carbocycles. The molecule has 0 radical (unpaired) electrons. The molecule has 6 heteroatoms. The van der Waals surface area contributed by atoms with Crippen molar-refractivity contribution in [2.45, 2.75) is 19.6 Å². The van der Waals surface area contributed by atoms with Crippen LogP contribution in [-0.2, 0) is 24.4 Å². The number of hydrogen-bond acceptors (Lipinski definition) is 4. The fourth-order valence-corrected chi connectivity index (χ4v) is 3.39. The zero-order chi connectivity index (χ0) is 20.8. The zero-order valence-corrected chi connectivity index (χ0v) is 16.8. The third-order valence-electron chi connectivity index (χ3n) is 4.92. The molecule has 0 bridgehead atoms. The topological polar surface area (TPSA) is 68.2 Å². The highest BCUT2D eigenvalue weighted by atomic mass is 16.5. The average Bonchev–Trinajstić information content (AvgIpc) is 3.14. The van der Waals surface area contributed by atoms with Gasteiger partial charge in [0.2, 0.25) is 11.9 Å². The number of carbonyl (C=O) groups is 1. The summed E-state index contributed by atoms with van der Waals surface area (Å²) < 4.78 is 7.27. The first-order valence-corrected chi connectivity index (χ1v) is 9.86. The molecule has 1 amide bonds. The van der Waals surface area contributed by atoms with E-state index in [2.05, 4.69) is 27.8 Å². The number of hydrogen-bond donors (Lipinski definition) is 2. The number of methoxy groups -OCH3 is 1. The van der Waals surface area contributed by atoms with Gasteiger partial charge in [-0.25, -0.2) is 4.98 Å². The van der Waals surface area contributed by atoms with Gasteiger partial charge in [0.15, 0.2) is 0 Å². The molecular formula is C24H24N4O2. The second kappa shape index (κ2) is 9.13. The number of nitrogens with one attached hydrogen (secondary N) is 2. The van der Waals surface area contributed by atoms with E-state index in [4.69, 9.17) is 4.74 Å². The number of anilines is 1. The van der Waals surface area contributed by atoms with Crippen LogP contribution in [-0.4, -0.2) is 22.6 Å². The first kappa shape index (κ1) is 19.5. The molecule has 4 rings (SSSR count). The first-order valence-electron chi connectivity index (χ1n) is 9.86. The van der Waals surface area contributed by atoms with Crippen molar-refractivity contribution in [3.63, 3.8) is 0 Å². The van der Waals surface area contributed by atoms with Gasteiger partial charge in [-0.2, -0.15) is 0 Å². The van der Waals surface area contributed by atoms with E-state index >= 15 is 0 Å². The summed E-state index contributed by atoms with van der Waals surface area (Å²) in [5.74, 6) is 1.34. The van der Waals surface area contributed by atoms with Gasteiger partial charge in [-0.1, -0.05) is 60.7 Å². The number of fused-ring (bicyclic) bond motifs is 1. The minimum Gasteiger partial charge on any atom is -0.496 e. The summed E-state index contributed by atoms with van der Waals surface area (Å²) in [7, 11) is 1.63. The SMILES string of the molecule is COc1ccccc1CNC(=O)Cn1c(NCc2ccccc2)nc2ccccc21. The maximum atomic E-state index is 12.7. The monoisotopic (exact) mass is 400 g/mol. The number of carbonyl (C=O) groups excluding carboxylic acids is 1. The van der Waals surface area contributed by atoms with Gasteiger partial charge in [-0.3, -0.25) is 4.79 Å². The van der Waals surface area contributed by atoms with Gasteiger partial charge in [0, 0.05) is 18.7 Å². The van der Waals surface area contributed by atoms with Crippen molar-refractivity contribution in [2.75, 3.05) is 12.4 Å². The van der Waals surface area contributed by atoms with Crippen LogP contribution < -0.4 is 15.4 Å². The van der Waals surface area contributed by atoms with Gasteiger partial charge in [0.05, 0.1) is 18.1 Å². The molecule has 0 atom stereocenters. The Hall–Kier alpha value is -3.80. The fraction of sp³-hybridized carbons (Fsp3) is 0.167. The van der Waals surface area contributed by atoms with Gasteiger partial charge in [-0.05, 0) is 23.8 Å². The van der Waals surface area contributed by atoms with Gasteiger partial charge in [-0.15, -0.1) is 0 Å². The average molecular weight is 400 g/mol. The number of ether oxygens (including phenoxy) is 1. The number of rotatable bonds is 8. The predicted octanol–water partition coefficient (Wildman–Crippen LogP) is 3.97. The maximum Gasteiger partial charge on any atom is 0.240 e. The summed E-state index contributed by atoms with van der Waals surface area (Å²) >= 11 is 0. The Bertz CT molecular complexity index is 1140. The van der Waals surface area contributed by atoms with E-state index < -0.39 is 0 Å². The normalized spacial score (nSPS) is 10.7. The zero-order valence-electron chi connectivity index (χ0n) is 16.8. The Morgan fingerprint density at radius 1 is 0.933 bits per heavy atom. The van der Waals surface area contributed by atoms with E-state index in [-0.39, 0.29) is 12.5 Å². The van der Waals surface area contributed by atoms with E-state index in [0.29, 0.717) is 19.0 Å². The lowest BCUT2D eigenvalue weighted by Crippen LogP contribution is -2.27. The van der Waals surface area contributed by atoms with Crippen molar-refractivity contribution in [3.8, 4) is 5.75 Å². The van der Waals surface area contributed by atoms with Crippen molar-refractivity contribution in [2.24, 2.45) is 0 Å². The molecule has 1 heterocycles. The highest BCUT2D eigenvalue weighted by molar-refractivity contribution is 5.83. The molecule has 0 aliphatic heterocycles. The summed E-state index contributed by atoms with van der Waals surface area (Å²) in [6.07, 6.45) is 0. The van der Waals surface area contributed by atoms with Crippen LogP contribution in [0.15, 0.2) is 78.9 Å². The fourth-order valence-electron chi connectivity index (χ4n) is 3.39. The van der Waals surface area contributed by atoms with E-state index in [1.165, 1.54) is 0 Å². The minimum atomic E-state index is -0.0909. The molecule has 0 saturated heterocycles. The summed E-state index contributed by atoms with van der Waals surface area (Å²) in [6, 6.07) is 25.6. The molecule has 6 nitrogen and oxygen atoms in total. The first-order chi connectivity index (χ1) is 14.7. The van der Waals surface area contributed by atoms with Crippen molar-refractivity contribution >= 4 is 22.9 Å². The summed E-state index contributed by atoms with van der Waals surface area (Å²) in [5, 5.41) is 6.35. The summed E-state index contributed by atoms with van der Waals surface area (Å²) in [6.45, 7) is 1.21. The highest BCUT2D eigenvalue weighted by Crippen LogP contribution is 2.20. The lowest BCUT2D eigenvalue weighted by Gasteiger charge is -2.12. The highest BCUT2D eigenvalue weighted by Gasteiger charge is 2.14. The third-order valence-corrected chi connectivity index (χ3v) is 4.92. The van der Waals surface area contributed by atoms with Crippen molar-refractivity contribution in [3.05, 3.63) is 90.0 Å². The predicted molar refractivity (Wildman–Crippen MR) is 118 cm³/mol. The van der Waals surface area contributed by atoms with E-state index in [1.54, 1.807) is 7.11 Å². The summed E-state index contributed by atoms with van der Waals surface area (Å²) in [4.78, 5) is 17.4. The molecule has 152 valence electrons. The number of nitrogens with zero attached hydrogens (tertiary/aromatic N) is 2. The van der Waals surface area contributed by atoms with Crippen LogP contribution in [0.2, 0.25) is 0 Å². The standard InChI is InChI=1S/C24H24N4O2/c1-30-22-14-8-5-11-19(22)16-25-23(29)17-28-21-13-7-6-12-20(21)27-24(28)26-15-18-9-3-2-4-10-18/h2-14H,15-17H2,1H3,(H,25,29)(H,26,27). The largest absolute Gasteiger partial charge is 0.496 e. The third kappa shape index (κ3) is 4.43. The molecule has 2 N–H and O–H groups in total. The Morgan fingerprint density at radius 2 is 1.67 bits per heavy atom. The second-order valence-corrected chi connectivity index (χ2v) is 6.94. The molecule has 0 aliphatic rings. The molecule has 1 aromatic heterocycles. The lowest BCUT2D eigenvalue weighted by molar-refractivity contribution is -0.121. The van der Waals surface area contributed by atoms with Gasteiger partial charge in [0.25, 0.3) is 0 Å². The number of amides is 1. The molecule has 4 aromatic rings. The molecule has 0 saturated carbocycles. The van der Waals surface area contributed by atoms with Crippen LogP contribution in [0.1, 0.15) is 11.1 Å². The van der Waals surface area contributed by atoms with Crippen LogP contribution in [0.4, 0.5) is 5.95 Å². The molecular weight excluding hydrogens is 376 g/mol. The number of para-hydroxylation sites is 3. The molecule has 0 fully saturated rings. The van der Waals surface area contributed by atoms with Crippen molar-refractivity contribution in [1.82, 2.24) is 14.9 Å². The molecule has 0 spiro atoms. The minimum absolute atomic E-state index is 0.0909. The van der Waals surface area contributed by atoms with E-state index in [1.807, 2.05) is 71.3 Å². The van der Waals surface area contributed by atoms with E-state index in [0.717, 1.165) is 27.9 Å². The van der Waals surface area contributed by atoms with Gasteiger partial charge in [0.1, 0.15) is 12.3 Å². The van der Waals surface area contributed by atoms with Crippen LogP contribution in [0, 0.1) is 0 Å². The quantitative estimate of drug-likeness (QED) is 0.470. The van der Waals surface area contributed by atoms with Crippen LogP contribution in [0.25, 0.3) is 11.0 Å². The van der Waals surface area contributed by atoms with Gasteiger partial charge < -0.3 is 19.9 Å². The van der Waals surface area contributed by atoms with Crippen LogP contribution in [0.3, 0.4) is 0 Å². The molecule has 0 unspecified atom stereocenters. The maximum absolute atomic E-state index is 12.7. The van der Waals surface area contributed by atoms with Crippen molar-refractivity contribution < 1.29 is 9.53 Å². The molecule has 0 aliphatic carbocycles. The van der Waals surface area contributed by atoms with Crippen molar-refractivity contribution in [1.29, 1.82) is 0 Å². The smallest absolute Gasteiger partial charge is 0.240 e. The number of benzene rings is 3. The van der Waals surface area contributed by atoms with Gasteiger partial charge >= 0.3 is 0 Å². The molecule has 30 heavy (non-hydrogen) atoms. The van der Waals surface area contributed by atoms with Crippen LogP contribution in [0.5, 0.6) is 5.75 Å². The Balaban J connectivity index is 1.50. The number of imidazole rings is 1. The Kier molecular flexibility index (Phi) is 5.94. The second-order valence-electron chi connectivity index (χ2n) is 6.94. The summed E-state index contributed by atoms with van der Waals surface area (Å²) in [5.41, 5.74) is 3.86. The van der Waals surface area contributed by atoms with E-state index in [9.17, 15) is 4.79 Å².